The maximum atomic E-state index is 11.4. The second-order valence-corrected chi connectivity index (χ2v) is 11.4. The summed E-state index contributed by atoms with van der Waals surface area (Å²) in [6.07, 6.45) is 13.1. The number of carboxylic acids is 1. The summed E-state index contributed by atoms with van der Waals surface area (Å²) in [7, 11) is 0. The Morgan fingerprint density at radius 2 is 1.93 bits per heavy atom. The Balaban J connectivity index is 1.51. The van der Waals surface area contributed by atoms with E-state index < -0.39 is 5.97 Å². The van der Waals surface area contributed by atoms with Crippen molar-refractivity contribution in [2.45, 2.75) is 98.0 Å². The zero-order valence-corrected chi connectivity index (χ0v) is 19.3. The highest BCUT2D eigenvalue weighted by Crippen LogP contribution is 2.67. The van der Waals surface area contributed by atoms with Gasteiger partial charge in [0, 0.05) is 19.8 Å². The number of esters is 1. The Bertz CT molecular complexity index is 727. The van der Waals surface area contributed by atoms with Crippen LogP contribution in [0, 0.1) is 40.4 Å². The van der Waals surface area contributed by atoms with Gasteiger partial charge in [-0.25, -0.2) is 0 Å². The fraction of sp³-hybridized carbons (Fsp3) is 0.846. The third-order valence-corrected chi connectivity index (χ3v) is 9.97. The van der Waals surface area contributed by atoms with Crippen LogP contribution in [0.5, 0.6) is 0 Å². The minimum Gasteiger partial charge on any atom is -0.481 e. The van der Waals surface area contributed by atoms with Crippen LogP contribution in [0.1, 0.15) is 91.9 Å². The average Bonchev–Trinajstić information content (AvgIpc) is 3.03. The summed E-state index contributed by atoms with van der Waals surface area (Å²) < 4.78 is 5.57. The third-order valence-electron chi connectivity index (χ3n) is 9.97. The summed E-state index contributed by atoms with van der Waals surface area (Å²) in [6.45, 7) is 8.84. The first-order chi connectivity index (χ1) is 14.1. The first-order valence-electron chi connectivity index (χ1n) is 12.2. The van der Waals surface area contributed by atoms with E-state index in [-0.39, 0.29) is 17.5 Å². The van der Waals surface area contributed by atoms with Crippen LogP contribution in [-0.2, 0) is 14.3 Å². The molecule has 4 aliphatic rings. The molecule has 0 radical (unpaired) electrons. The quantitative estimate of drug-likeness (QED) is 0.441. The molecule has 168 valence electrons. The Labute approximate surface area is 181 Å². The maximum absolute atomic E-state index is 11.4. The third kappa shape index (κ3) is 3.62. The van der Waals surface area contributed by atoms with Gasteiger partial charge in [-0.1, -0.05) is 32.4 Å². The molecule has 4 heteroatoms. The van der Waals surface area contributed by atoms with Crippen molar-refractivity contribution in [2.24, 2.45) is 40.4 Å². The summed E-state index contributed by atoms with van der Waals surface area (Å²) in [5.74, 6) is 2.64. The van der Waals surface area contributed by atoms with E-state index in [0.717, 1.165) is 43.4 Å². The molecule has 0 unspecified atom stereocenters. The molecular weight excluding hydrogens is 376 g/mol. The highest BCUT2D eigenvalue weighted by molar-refractivity contribution is 5.66. The van der Waals surface area contributed by atoms with Gasteiger partial charge in [0.2, 0.25) is 0 Å². The second kappa shape index (κ2) is 7.98. The van der Waals surface area contributed by atoms with Crippen LogP contribution < -0.4 is 0 Å². The largest absolute Gasteiger partial charge is 0.481 e. The number of hydrogen-bond donors (Lipinski definition) is 1. The molecule has 0 bridgehead atoms. The number of hydrogen-bond acceptors (Lipinski definition) is 3. The smallest absolute Gasteiger partial charge is 0.303 e. The van der Waals surface area contributed by atoms with Crippen molar-refractivity contribution in [3.8, 4) is 0 Å². The van der Waals surface area contributed by atoms with Crippen LogP contribution in [0.15, 0.2) is 11.6 Å². The molecule has 0 heterocycles. The molecule has 4 nitrogen and oxygen atoms in total. The number of fused-ring (bicyclic) bond motifs is 5. The normalized spacial score (nSPS) is 43.6. The fourth-order valence-corrected chi connectivity index (χ4v) is 8.49. The van der Waals surface area contributed by atoms with Crippen molar-refractivity contribution < 1.29 is 19.4 Å². The molecule has 0 aromatic heterocycles. The van der Waals surface area contributed by atoms with Crippen LogP contribution in [0.3, 0.4) is 0 Å². The maximum Gasteiger partial charge on any atom is 0.303 e. The van der Waals surface area contributed by atoms with Crippen LogP contribution in [-0.4, -0.2) is 23.1 Å². The van der Waals surface area contributed by atoms with Gasteiger partial charge < -0.3 is 9.84 Å². The van der Waals surface area contributed by atoms with Gasteiger partial charge in [0.15, 0.2) is 0 Å². The topological polar surface area (TPSA) is 63.6 Å². The van der Waals surface area contributed by atoms with Gasteiger partial charge in [0.1, 0.15) is 6.10 Å². The molecular formula is C26H40O4. The Morgan fingerprint density at radius 3 is 2.63 bits per heavy atom. The summed E-state index contributed by atoms with van der Waals surface area (Å²) in [4.78, 5) is 22.5. The standard InChI is InChI=1S/C26H40O4/c1-16(5-10-24(28)29)21-8-9-22-20-7-6-18-15-19(30-17(2)27)11-13-25(18,3)23(20)12-14-26(21,22)4/h6,16,19-23H,5,7-15H2,1-4H3,(H,28,29)/t16-,19+,20+,21+,22-,23+,25+,26-/m1/s1. The molecule has 1 N–H and O–H groups in total. The predicted octanol–water partition coefficient (Wildman–Crippen LogP) is 6.00. The highest BCUT2D eigenvalue weighted by Gasteiger charge is 2.59. The van der Waals surface area contributed by atoms with E-state index >= 15 is 0 Å². The van der Waals surface area contributed by atoms with E-state index in [4.69, 9.17) is 9.84 Å². The molecule has 0 saturated heterocycles. The Hall–Kier alpha value is -1.32. The number of rotatable bonds is 5. The lowest BCUT2D eigenvalue weighted by Gasteiger charge is -2.58. The number of carbonyl (C=O) groups is 2. The number of carbonyl (C=O) groups excluding carboxylic acids is 1. The van der Waals surface area contributed by atoms with Crippen LogP contribution in [0.2, 0.25) is 0 Å². The Kier molecular flexibility index (Phi) is 5.83. The number of carboxylic acid groups (broad SMARTS) is 1. The first-order valence-corrected chi connectivity index (χ1v) is 12.2. The van der Waals surface area contributed by atoms with Crippen molar-refractivity contribution in [3.63, 3.8) is 0 Å². The van der Waals surface area contributed by atoms with E-state index in [1.165, 1.54) is 39.0 Å². The van der Waals surface area contributed by atoms with Crippen molar-refractivity contribution in [1.29, 1.82) is 0 Å². The van der Waals surface area contributed by atoms with Gasteiger partial charge in [-0.15, -0.1) is 0 Å². The zero-order valence-electron chi connectivity index (χ0n) is 19.3. The highest BCUT2D eigenvalue weighted by atomic mass is 16.5. The van der Waals surface area contributed by atoms with Crippen molar-refractivity contribution in [3.05, 3.63) is 11.6 Å². The summed E-state index contributed by atoms with van der Waals surface area (Å²) >= 11 is 0. The molecule has 0 amide bonds. The minimum atomic E-state index is -0.660. The van der Waals surface area contributed by atoms with Gasteiger partial charge in [-0.3, -0.25) is 9.59 Å². The van der Waals surface area contributed by atoms with Gasteiger partial charge >= 0.3 is 11.9 Å². The Morgan fingerprint density at radius 1 is 1.17 bits per heavy atom. The molecule has 0 spiro atoms. The molecule has 3 fully saturated rings. The number of aliphatic carboxylic acids is 1. The van der Waals surface area contributed by atoms with E-state index in [2.05, 4.69) is 26.8 Å². The first kappa shape index (κ1) is 21.9. The predicted molar refractivity (Wildman–Crippen MR) is 117 cm³/mol. The van der Waals surface area contributed by atoms with Crippen LogP contribution in [0.25, 0.3) is 0 Å². The summed E-state index contributed by atoms with van der Waals surface area (Å²) in [6, 6.07) is 0. The van der Waals surface area contributed by atoms with Crippen molar-refractivity contribution >= 4 is 11.9 Å². The lowest BCUT2D eigenvalue weighted by Crippen LogP contribution is -2.51. The molecule has 30 heavy (non-hydrogen) atoms. The molecule has 0 aliphatic heterocycles. The number of ether oxygens (including phenoxy) is 1. The monoisotopic (exact) mass is 416 g/mol. The molecule has 8 atom stereocenters. The van der Waals surface area contributed by atoms with Crippen LogP contribution >= 0.6 is 0 Å². The molecule has 4 rings (SSSR count). The van der Waals surface area contributed by atoms with Gasteiger partial charge in [0.25, 0.3) is 0 Å². The molecule has 0 aromatic carbocycles. The summed E-state index contributed by atoms with van der Waals surface area (Å²) in [5.41, 5.74) is 2.19. The van der Waals surface area contributed by atoms with E-state index in [9.17, 15) is 9.59 Å². The van der Waals surface area contributed by atoms with E-state index in [1.807, 2.05) is 0 Å². The SMILES string of the molecule is CC(=O)O[C@H]1CC[C@@]2(C)C(=CC[C@H]3[C@H]4CC[C@@H]([C@H](C)CCC(=O)O)[C@@]4(C)CC[C@@H]32)C1. The fourth-order valence-electron chi connectivity index (χ4n) is 8.49. The van der Waals surface area contributed by atoms with Crippen molar-refractivity contribution in [2.75, 3.05) is 0 Å². The molecule has 0 aromatic rings. The lowest BCUT2D eigenvalue weighted by atomic mass is 9.47. The van der Waals surface area contributed by atoms with Gasteiger partial charge in [-0.05, 0) is 91.8 Å². The van der Waals surface area contributed by atoms with Crippen molar-refractivity contribution in [1.82, 2.24) is 0 Å². The second-order valence-electron chi connectivity index (χ2n) is 11.4. The van der Waals surface area contributed by atoms with Crippen LogP contribution in [0.4, 0.5) is 0 Å². The van der Waals surface area contributed by atoms with E-state index in [0.29, 0.717) is 23.7 Å². The zero-order chi connectivity index (χ0) is 21.7. The number of allylic oxidation sites excluding steroid dienone is 1. The van der Waals surface area contributed by atoms with Gasteiger partial charge in [0.05, 0.1) is 0 Å². The molecule has 4 aliphatic carbocycles. The molecule has 3 saturated carbocycles. The van der Waals surface area contributed by atoms with Gasteiger partial charge in [-0.2, -0.15) is 0 Å². The average molecular weight is 417 g/mol. The summed E-state index contributed by atoms with van der Waals surface area (Å²) in [5, 5.41) is 9.13. The lowest BCUT2D eigenvalue weighted by molar-refractivity contribution is -0.148. The van der Waals surface area contributed by atoms with E-state index in [1.54, 1.807) is 5.57 Å². The minimum absolute atomic E-state index is 0.0678.